The summed E-state index contributed by atoms with van der Waals surface area (Å²) in [6, 6.07) is 0.572. The van der Waals surface area contributed by atoms with Crippen molar-refractivity contribution in [2.24, 2.45) is 0 Å². The topological polar surface area (TPSA) is 38.1 Å². The van der Waals surface area contributed by atoms with Crippen LogP contribution in [0.5, 0.6) is 0 Å². The lowest BCUT2D eigenvalue weighted by Gasteiger charge is -2.24. The lowest BCUT2D eigenvalue weighted by Crippen LogP contribution is -2.36. The Labute approximate surface area is 97.6 Å². The summed E-state index contributed by atoms with van der Waals surface area (Å²) in [7, 11) is 0. The van der Waals surface area contributed by atoms with Crippen molar-refractivity contribution in [3.63, 3.8) is 0 Å². The highest BCUT2D eigenvalue weighted by molar-refractivity contribution is 5.23. The van der Waals surface area contributed by atoms with Crippen LogP contribution >= 0.6 is 0 Å². The van der Waals surface area contributed by atoms with Crippen LogP contribution in [0.3, 0.4) is 0 Å². The molecule has 0 aliphatic carbocycles. The van der Waals surface area contributed by atoms with E-state index in [4.69, 9.17) is 4.52 Å². The van der Waals surface area contributed by atoms with Crippen molar-refractivity contribution in [3.05, 3.63) is 17.5 Å². The number of rotatable bonds is 2. The average Bonchev–Trinajstić information content (AvgIpc) is 2.67. The van der Waals surface area contributed by atoms with E-state index in [-0.39, 0.29) is 5.41 Å². The number of nitrogens with one attached hydrogen (secondary N) is 1. The molecule has 1 atom stereocenters. The SMILES string of the molecule is CC(C)(C)c1cnoc1CC1CCCCN1. The molecule has 0 amide bonds. The Balaban J connectivity index is 2.06. The van der Waals surface area contributed by atoms with Crippen LogP contribution in [0, 0.1) is 0 Å². The predicted octanol–water partition coefficient (Wildman–Crippen LogP) is 2.66. The maximum absolute atomic E-state index is 5.40. The molecule has 3 heteroatoms. The summed E-state index contributed by atoms with van der Waals surface area (Å²) in [5.41, 5.74) is 1.38. The third-order valence-corrected chi connectivity index (χ3v) is 3.30. The second-order valence-corrected chi connectivity index (χ2v) is 5.76. The van der Waals surface area contributed by atoms with Gasteiger partial charge in [0.25, 0.3) is 0 Å². The van der Waals surface area contributed by atoms with E-state index in [1.54, 1.807) is 0 Å². The molecule has 1 aliphatic heterocycles. The molecule has 1 saturated heterocycles. The molecule has 0 saturated carbocycles. The van der Waals surface area contributed by atoms with Gasteiger partial charge in [0.05, 0.1) is 6.20 Å². The van der Waals surface area contributed by atoms with Crippen LogP contribution in [-0.4, -0.2) is 17.7 Å². The van der Waals surface area contributed by atoms with Gasteiger partial charge in [-0.15, -0.1) is 0 Å². The summed E-state index contributed by atoms with van der Waals surface area (Å²) in [5.74, 6) is 1.06. The van der Waals surface area contributed by atoms with Gasteiger partial charge in [-0.2, -0.15) is 0 Å². The summed E-state index contributed by atoms with van der Waals surface area (Å²) in [5, 5.41) is 7.50. The molecule has 1 fully saturated rings. The van der Waals surface area contributed by atoms with E-state index in [1.807, 2.05) is 6.20 Å². The number of hydrogen-bond donors (Lipinski definition) is 1. The number of hydrogen-bond acceptors (Lipinski definition) is 3. The van der Waals surface area contributed by atoms with Gasteiger partial charge in [-0.3, -0.25) is 0 Å². The third kappa shape index (κ3) is 2.64. The van der Waals surface area contributed by atoms with Crippen LogP contribution in [0.2, 0.25) is 0 Å². The van der Waals surface area contributed by atoms with Gasteiger partial charge in [-0.1, -0.05) is 32.3 Å². The molecule has 2 rings (SSSR count). The Morgan fingerprint density at radius 3 is 2.88 bits per heavy atom. The quantitative estimate of drug-likeness (QED) is 0.836. The van der Waals surface area contributed by atoms with E-state index in [1.165, 1.54) is 24.8 Å². The fourth-order valence-corrected chi connectivity index (χ4v) is 2.34. The fraction of sp³-hybridized carbons (Fsp3) is 0.769. The molecular formula is C13H22N2O. The Morgan fingerprint density at radius 1 is 1.44 bits per heavy atom. The number of aromatic nitrogens is 1. The van der Waals surface area contributed by atoms with Crippen molar-refractivity contribution in [3.8, 4) is 0 Å². The van der Waals surface area contributed by atoms with Crippen LogP contribution in [0.25, 0.3) is 0 Å². The first-order chi connectivity index (χ1) is 7.57. The van der Waals surface area contributed by atoms with Gasteiger partial charge in [0.15, 0.2) is 0 Å². The first-order valence-corrected chi connectivity index (χ1v) is 6.25. The zero-order valence-electron chi connectivity index (χ0n) is 10.5. The maximum Gasteiger partial charge on any atom is 0.141 e. The highest BCUT2D eigenvalue weighted by atomic mass is 16.5. The first kappa shape index (κ1) is 11.6. The molecule has 1 aromatic rings. The zero-order valence-corrected chi connectivity index (χ0v) is 10.5. The van der Waals surface area contributed by atoms with Gasteiger partial charge in [0.1, 0.15) is 5.76 Å². The molecule has 1 aromatic heterocycles. The maximum atomic E-state index is 5.40. The van der Waals surface area contributed by atoms with Gasteiger partial charge in [-0.05, 0) is 24.8 Å². The van der Waals surface area contributed by atoms with Crippen LogP contribution in [0.4, 0.5) is 0 Å². The Bertz CT molecular complexity index is 332. The van der Waals surface area contributed by atoms with E-state index in [0.717, 1.165) is 18.7 Å². The van der Waals surface area contributed by atoms with E-state index < -0.39 is 0 Å². The summed E-state index contributed by atoms with van der Waals surface area (Å²) in [6.45, 7) is 7.76. The van der Waals surface area contributed by atoms with Crippen LogP contribution < -0.4 is 5.32 Å². The molecule has 1 N–H and O–H groups in total. The largest absolute Gasteiger partial charge is 0.361 e. The van der Waals surface area contributed by atoms with E-state index >= 15 is 0 Å². The van der Waals surface area contributed by atoms with Crippen molar-refractivity contribution in [1.29, 1.82) is 0 Å². The van der Waals surface area contributed by atoms with Crippen molar-refractivity contribution in [1.82, 2.24) is 10.5 Å². The van der Waals surface area contributed by atoms with Gasteiger partial charge in [0, 0.05) is 18.0 Å². The summed E-state index contributed by atoms with van der Waals surface area (Å²) in [6.07, 6.45) is 6.74. The van der Waals surface area contributed by atoms with Crippen LogP contribution in [-0.2, 0) is 11.8 Å². The predicted molar refractivity (Wildman–Crippen MR) is 64.5 cm³/mol. The lowest BCUT2D eigenvalue weighted by molar-refractivity contribution is 0.332. The molecule has 1 unspecified atom stereocenters. The molecule has 0 spiro atoms. The number of nitrogens with zero attached hydrogens (tertiary/aromatic N) is 1. The highest BCUT2D eigenvalue weighted by Gasteiger charge is 2.24. The van der Waals surface area contributed by atoms with Crippen molar-refractivity contribution in [2.45, 2.75) is 57.9 Å². The van der Waals surface area contributed by atoms with Crippen molar-refractivity contribution < 1.29 is 4.52 Å². The second-order valence-electron chi connectivity index (χ2n) is 5.76. The van der Waals surface area contributed by atoms with Gasteiger partial charge >= 0.3 is 0 Å². The minimum atomic E-state index is 0.129. The summed E-state index contributed by atoms with van der Waals surface area (Å²) in [4.78, 5) is 0. The number of piperidine rings is 1. The molecule has 0 radical (unpaired) electrons. The second kappa shape index (κ2) is 4.58. The van der Waals surface area contributed by atoms with E-state index in [0.29, 0.717) is 6.04 Å². The Hall–Kier alpha value is -0.830. The molecular weight excluding hydrogens is 200 g/mol. The first-order valence-electron chi connectivity index (χ1n) is 6.25. The highest BCUT2D eigenvalue weighted by Crippen LogP contribution is 2.27. The third-order valence-electron chi connectivity index (χ3n) is 3.30. The lowest BCUT2D eigenvalue weighted by atomic mass is 9.86. The van der Waals surface area contributed by atoms with Gasteiger partial charge < -0.3 is 9.84 Å². The zero-order chi connectivity index (χ0) is 11.6. The smallest absolute Gasteiger partial charge is 0.141 e. The normalized spacial score (nSPS) is 22.3. The molecule has 90 valence electrons. The standard InChI is InChI=1S/C13H22N2O/c1-13(2,3)11-9-15-16-12(11)8-10-6-4-5-7-14-10/h9-10,14H,4-8H2,1-3H3. The molecule has 3 nitrogen and oxygen atoms in total. The van der Waals surface area contributed by atoms with Gasteiger partial charge in [-0.25, -0.2) is 0 Å². The molecule has 1 aliphatic rings. The fourth-order valence-electron chi connectivity index (χ4n) is 2.34. The van der Waals surface area contributed by atoms with Crippen molar-refractivity contribution in [2.75, 3.05) is 6.54 Å². The van der Waals surface area contributed by atoms with Crippen molar-refractivity contribution >= 4 is 0 Å². The molecule has 0 aromatic carbocycles. The molecule has 2 heterocycles. The Morgan fingerprint density at radius 2 is 2.25 bits per heavy atom. The molecule has 0 bridgehead atoms. The monoisotopic (exact) mass is 222 g/mol. The van der Waals surface area contributed by atoms with E-state index in [2.05, 4.69) is 31.2 Å². The minimum absolute atomic E-state index is 0.129. The molecule has 16 heavy (non-hydrogen) atoms. The Kier molecular flexibility index (Phi) is 3.33. The summed E-state index contributed by atoms with van der Waals surface area (Å²) < 4.78 is 5.40. The average molecular weight is 222 g/mol. The summed E-state index contributed by atoms with van der Waals surface area (Å²) >= 11 is 0. The minimum Gasteiger partial charge on any atom is -0.361 e. The van der Waals surface area contributed by atoms with E-state index in [9.17, 15) is 0 Å². The van der Waals surface area contributed by atoms with Gasteiger partial charge in [0.2, 0.25) is 0 Å². The van der Waals surface area contributed by atoms with Crippen LogP contribution in [0.1, 0.15) is 51.4 Å². The van der Waals surface area contributed by atoms with Crippen LogP contribution in [0.15, 0.2) is 10.7 Å².